The van der Waals surface area contributed by atoms with E-state index in [-0.39, 0.29) is 5.91 Å². The zero-order chi connectivity index (χ0) is 14.5. The zero-order valence-corrected chi connectivity index (χ0v) is 12.7. The molecule has 112 valence electrons. The first-order valence-corrected chi connectivity index (χ1v) is 7.93. The summed E-state index contributed by atoms with van der Waals surface area (Å²) in [7, 11) is 0. The van der Waals surface area contributed by atoms with Crippen molar-refractivity contribution in [3.63, 3.8) is 0 Å². The smallest absolute Gasteiger partial charge is 0.238 e. The Morgan fingerprint density at radius 2 is 1.50 bits per heavy atom. The van der Waals surface area contributed by atoms with Gasteiger partial charge in [0.1, 0.15) is 0 Å². The number of benzene rings is 1. The fourth-order valence-corrected chi connectivity index (χ4v) is 2.15. The van der Waals surface area contributed by atoms with Crippen LogP contribution < -0.4 is 10.9 Å². The Balaban J connectivity index is 1.93. The number of para-hydroxylation sites is 1. The number of anilines is 1. The lowest BCUT2D eigenvalue weighted by Gasteiger charge is -2.08. The molecule has 0 fully saturated rings. The summed E-state index contributed by atoms with van der Waals surface area (Å²) < 4.78 is 0. The lowest BCUT2D eigenvalue weighted by molar-refractivity contribution is -0.120. The van der Waals surface area contributed by atoms with Crippen LogP contribution in [0.15, 0.2) is 30.3 Å². The van der Waals surface area contributed by atoms with Crippen molar-refractivity contribution < 1.29 is 4.79 Å². The van der Waals surface area contributed by atoms with Gasteiger partial charge < -0.3 is 0 Å². The molecule has 0 aliphatic heterocycles. The van der Waals surface area contributed by atoms with Crippen LogP contribution in [0.1, 0.15) is 64.7 Å². The van der Waals surface area contributed by atoms with E-state index >= 15 is 0 Å². The number of hydrogen-bond donors (Lipinski definition) is 2. The van der Waals surface area contributed by atoms with E-state index < -0.39 is 0 Å². The minimum atomic E-state index is 0.0693. The normalized spacial score (nSPS) is 10.2. The summed E-state index contributed by atoms with van der Waals surface area (Å²) in [6.07, 6.45) is 10.7. The maximum Gasteiger partial charge on any atom is 0.238 e. The third-order valence-corrected chi connectivity index (χ3v) is 3.38. The molecule has 2 N–H and O–H groups in total. The van der Waals surface area contributed by atoms with Gasteiger partial charge in [0.05, 0.1) is 5.69 Å². The van der Waals surface area contributed by atoms with Crippen LogP contribution in [0.25, 0.3) is 0 Å². The molecule has 0 unspecified atom stereocenters. The van der Waals surface area contributed by atoms with Crippen molar-refractivity contribution in [3.8, 4) is 0 Å². The van der Waals surface area contributed by atoms with Crippen molar-refractivity contribution in [1.82, 2.24) is 5.43 Å². The van der Waals surface area contributed by atoms with Gasteiger partial charge in [-0.1, -0.05) is 70.1 Å². The second kappa shape index (κ2) is 11.3. The summed E-state index contributed by atoms with van der Waals surface area (Å²) >= 11 is 0. The van der Waals surface area contributed by atoms with Crippen molar-refractivity contribution in [1.29, 1.82) is 0 Å². The van der Waals surface area contributed by atoms with E-state index in [9.17, 15) is 4.79 Å². The molecule has 0 bridgehead atoms. The van der Waals surface area contributed by atoms with Crippen LogP contribution in [0.5, 0.6) is 0 Å². The zero-order valence-electron chi connectivity index (χ0n) is 12.7. The number of unbranched alkanes of at least 4 members (excludes halogenated alkanes) is 7. The van der Waals surface area contributed by atoms with E-state index in [4.69, 9.17) is 0 Å². The van der Waals surface area contributed by atoms with Gasteiger partial charge in [0.15, 0.2) is 0 Å². The quantitative estimate of drug-likeness (QED) is 0.456. The van der Waals surface area contributed by atoms with Gasteiger partial charge in [0.2, 0.25) is 5.91 Å². The molecule has 0 spiro atoms. The summed E-state index contributed by atoms with van der Waals surface area (Å²) in [6, 6.07) is 9.68. The number of nitrogens with one attached hydrogen (secondary N) is 2. The molecule has 3 heteroatoms. The third kappa shape index (κ3) is 8.57. The Morgan fingerprint density at radius 3 is 2.15 bits per heavy atom. The van der Waals surface area contributed by atoms with E-state index in [2.05, 4.69) is 17.8 Å². The highest BCUT2D eigenvalue weighted by Gasteiger charge is 2.00. The van der Waals surface area contributed by atoms with Gasteiger partial charge in [0.25, 0.3) is 0 Å². The van der Waals surface area contributed by atoms with Crippen LogP contribution in [0.3, 0.4) is 0 Å². The highest BCUT2D eigenvalue weighted by molar-refractivity contribution is 5.77. The second-order valence-electron chi connectivity index (χ2n) is 5.26. The van der Waals surface area contributed by atoms with E-state index in [1.807, 2.05) is 30.3 Å². The van der Waals surface area contributed by atoms with Gasteiger partial charge in [-0.15, -0.1) is 0 Å². The minimum Gasteiger partial charge on any atom is -0.299 e. The molecule has 1 aromatic rings. The van der Waals surface area contributed by atoms with Crippen LogP contribution in [0.4, 0.5) is 5.69 Å². The highest BCUT2D eigenvalue weighted by Crippen LogP contribution is 2.09. The van der Waals surface area contributed by atoms with Crippen LogP contribution >= 0.6 is 0 Å². The number of hydrazine groups is 1. The summed E-state index contributed by atoms with van der Waals surface area (Å²) in [5.74, 6) is 0.0693. The van der Waals surface area contributed by atoms with E-state index in [0.29, 0.717) is 6.42 Å². The molecular weight excluding hydrogens is 248 g/mol. The number of amides is 1. The molecule has 0 radical (unpaired) electrons. The molecule has 1 aromatic carbocycles. The van der Waals surface area contributed by atoms with Gasteiger partial charge in [-0.05, 0) is 18.6 Å². The van der Waals surface area contributed by atoms with Gasteiger partial charge in [-0.25, -0.2) is 0 Å². The molecule has 0 atom stereocenters. The van der Waals surface area contributed by atoms with Crippen LogP contribution in [0, 0.1) is 0 Å². The number of carbonyl (C=O) groups excluding carboxylic acids is 1. The van der Waals surface area contributed by atoms with Gasteiger partial charge in [0, 0.05) is 6.42 Å². The molecule has 0 saturated carbocycles. The Bertz CT molecular complexity index is 351. The van der Waals surface area contributed by atoms with Crippen LogP contribution in [-0.2, 0) is 4.79 Å². The second-order valence-corrected chi connectivity index (χ2v) is 5.26. The predicted molar refractivity (Wildman–Crippen MR) is 85.4 cm³/mol. The van der Waals surface area contributed by atoms with E-state index in [1.165, 1.54) is 38.5 Å². The predicted octanol–water partition coefficient (Wildman–Crippen LogP) is 4.66. The first kappa shape index (κ1) is 16.5. The fraction of sp³-hybridized carbons (Fsp3) is 0.588. The Labute approximate surface area is 123 Å². The maximum atomic E-state index is 11.6. The molecule has 3 nitrogen and oxygen atoms in total. The first-order chi connectivity index (χ1) is 9.83. The standard InChI is InChI=1S/C17H28N2O/c1-2-3-4-5-6-7-8-12-15-17(20)19-18-16-13-10-9-11-14-16/h9-11,13-14,18H,2-8,12,15H2,1H3,(H,19,20). The van der Waals surface area contributed by atoms with Gasteiger partial charge >= 0.3 is 0 Å². The summed E-state index contributed by atoms with van der Waals surface area (Å²) in [5, 5.41) is 0. The molecule has 0 heterocycles. The fourth-order valence-electron chi connectivity index (χ4n) is 2.15. The average molecular weight is 276 g/mol. The lowest BCUT2D eigenvalue weighted by Crippen LogP contribution is -2.28. The monoisotopic (exact) mass is 276 g/mol. The van der Waals surface area contributed by atoms with Crippen molar-refractivity contribution in [2.45, 2.75) is 64.7 Å². The van der Waals surface area contributed by atoms with Crippen molar-refractivity contribution in [2.24, 2.45) is 0 Å². The molecule has 0 aromatic heterocycles. The molecule has 0 aliphatic rings. The topological polar surface area (TPSA) is 41.1 Å². The average Bonchev–Trinajstić information content (AvgIpc) is 2.49. The Hall–Kier alpha value is -1.51. The third-order valence-electron chi connectivity index (χ3n) is 3.38. The lowest BCUT2D eigenvalue weighted by atomic mass is 10.1. The van der Waals surface area contributed by atoms with Crippen molar-refractivity contribution in [3.05, 3.63) is 30.3 Å². The van der Waals surface area contributed by atoms with E-state index in [1.54, 1.807) is 0 Å². The molecule has 0 saturated heterocycles. The van der Waals surface area contributed by atoms with Crippen molar-refractivity contribution >= 4 is 11.6 Å². The van der Waals surface area contributed by atoms with Gasteiger partial charge in [-0.3, -0.25) is 15.6 Å². The van der Waals surface area contributed by atoms with Crippen LogP contribution in [-0.4, -0.2) is 5.91 Å². The number of carbonyl (C=O) groups is 1. The Kier molecular flexibility index (Phi) is 9.37. The molecule has 0 aliphatic carbocycles. The minimum absolute atomic E-state index is 0.0693. The molecular formula is C17H28N2O. The molecule has 1 amide bonds. The number of rotatable bonds is 11. The molecule has 1 rings (SSSR count). The largest absolute Gasteiger partial charge is 0.299 e. The summed E-state index contributed by atoms with van der Waals surface area (Å²) in [4.78, 5) is 11.6. The van der Waals surface area contributed by atoms with Gasteiger partial charge in [-0.2, -0.15) is 0 Å². The highest BCUT2D eigenvalue weighted by atomic mass is 16.2. The van der Waals surface area contributed by atoms with Crippen molar-refractivity contribution in [2.75, 3.05) is 5.43 Å². The summed E-state index contributed by atoms with van der Waals surface area (Å²) in [5.41, 5.74) is 6.56. The van der Waals surface area contributed by atoms with Crippen LogP contribution in [0.2, 0.25) is 0 Å². The summed E-state index contributed by atoms with van der Waals surface area (Å²) in [6.45, 7) is 2.24. The Morgan fingerprint density at radius 1 is 0.900 bits per heavy atom. The SMILES string of the molecule is CCCCCCCCCCC(=O)NNc1ccccc1. The first-order valence-electron chi connectivity index (χ1n) is 7.93. The molecule has 20 heavy (non-hydrogen) atoms. The maximum absolute atomic E-state index is 11.6. The number of hydrogen-bond acceptors (Lipinski definition) is 2. The van der Waals surface area contributed by atoms with E-state index in [0.717, 1.165) is 18.5 Å².